The lowest BCUT2D eigenvalue weighted by Gasteiger charge is -2.26. The number of aromatic nitrogens is 2. The van der Waals surface area contributed by atoms with E-state index in [0.717, 1.165) is 25.3 Å². The van der Waals surface area contributed by atoms with E-state index in [1.807, 2.05) is 40.7 Å². The molecule has 0 fully saturated rings. The second-order valence-electron chi connectivity index (χ2n) is 4.47. The Kier molecular flexibility index (Phi) is 3.58. The van der Waals surface area contributed by atoms with E-state index in [9.17, 15) is 4.79 Å². The molecule has 2 rings (SSSR count). The van der Waals surface area contributed by atoms with Crippen LogP contribution < -0.4 is 0 Å². The van der Waals surface area contributed by atoms with E-state index in [0.29, 0.717) is 6.54 Å². The van der Waals surface area contributed by atoms with Crippen LogP contribution in [-0.4, -0.2) is 52.7 Å². The van der Waals surface area contributed by atoms with Crippen molar-refractivity contribution in [2.75, 3.05) is 27.2 Å². The summed E-state index contributed by atoms with van der Waals surface area (Å²) in [5.41, 5.74) is 1.10. The van der Waals surface area contributed by atoms with Crippen molar-refractivity contribution in [3.05, 3.63) is 30.1 Å². The number of nitrogens with zero attached hydrogens (tertiary/aromatic N) is 4. The van der Waals surface area contributed by atoms with Gasteiger partial charge in [-0.25, -0.2) is 0 Å². The molecular weight excluding hydrogens is 216 g/mol. The van der Waals surface area contributed by atoms with Crippen LogP contribution in [-0.2, 0) is 17.9 Å². The standard InChI is InChI=1S/C12H18N4O/c1-14(2)7-3-4-12(17)15-8-9-16-11(10-15)5-6-13-16/h3-6H,7-10H2,1-2H3. The fraction of sp³-hybridized carbons (Fsp3) is 0.500. The molecule has 0 spiro atoms. The zero-order valence-corrected chi connectivity index (χ0v) is 10.3. The van der Waals surface area contributed by atoms with Crippen molar-refractivity contribution in [2.45, 2.75) is 13.1 Å². The first-order valence-electron chi connectivity index (χ1n) is 5.77. The quantitative estimate of drug-likeness (QED) is 0.708. The minimum absolute atomic E-state index is 0.0827. The molecule has 1 aliphatic heterocycles. The number of carbonyl (C=O) groups is 1. The van der Waals surface area contributed by atoms with E-state index < -0.39 is 0 Å². The van der Waals surface area contributed by atoms with Crippen LogP contribution in [0.4, 0.5) is 0 Å². The number of fused-ring (bicyclic) bond motifs is 1. The first-order valence-corrected chi connectivity index (χ1v) is 5.77. The normalized spacial score (nSPS) is 15.6. The third kappa shape index (κ3) is 2.94. The van der Waals surface area contributed by atoms with Gasteiger partial charge in [-0.2, -0.15) is 5.10 Å². The number of hydrogen-bond acceptors (Lipinski definition) is 3. The van der Waals surface area contributed by atoms with Gasteiger partial charge in [-0.3, -0.25) is 9.48 Å². The monoisotopic (exact) mass is 234 g/mol. The van der Waals surface area contributed by atoms with Gasteiger partial charge in [0, 0.05) is 25.4 Å². The average Bonchev–Trinajstić information content (AvgIpc) is 2.75. The van der Waals surface area contributed by atoms with Crippen LogP contribution in [0.15, 0.2) is 24.4 Å². The largest absolute Gasteiger partial charge is 0.331 e. The Bertz CT molecular complexity index is 422. The lowest BCUT2D eigenvalue weighted by molar-refractivity contribution is -0.127. The zero-order valence-electron chi connectivity index (χ0n) is 10.3. The Labute approximate surface area is 101 Å². The number of carbonyl (C=O) groups excluding carboxylic acids is 1. The lowest BCUT2D eigenvalue weighted by Crippen LogP contribution is -2.37. The van der Waals surface area contributed by atoms with E-state index in [1.54, 1.807) is 12.3 Å². The molecule has 0 saturated carbocycles. The van der Waals surface area contributed by atoms with Crippen LogP contribution in [0.1, 0.15) is 5.69 Å². The van der Waals surface area contributed by atoms with Gasteiger partial charge >= 0.3 is 0 Å². The van der Waals surface area contributed by atoms with Gasteiger partial charge in [-0.05, 0) is 20.2 Å². The summed E-state index contributed by atoms with van der Waals surface area (Å²) in [4.78, 5) is 15.8. The highest BCUT2D eigenvalue weighted by molar-refractivity contribution is 5.87. The summed E-state index contributed by atoms with van der Waals surface area (Å²) >= 11 is 0. The molecule has 1 aromatic heterocycles. The summed E-state index contributed by atoms with van der Waals surface area (Å²) in [6.45, 7) is 2.97. The number of likely N-dealkylation sites (N-methyl/N-ethyl adjacent to an activating group) is 1. The van der Waals surface area contributed by atoms with Gasteiger partial charge in [0.15, 0.2) is 0 Å². The maximum atomic E-state index is 11.9. The van der Waals surface area contributed by atoms with E-state index in [2.05, 4.69) is 5.10 Å². The molecule has 0 radical (unpaired) electrons. The van der Waals surface area contributed by atoms with Crippen molar-refractivity contribution in [1.29, 1.82) is 0 Å². The van der Waals surface area contributed by atoms with Gasteiger partial charge in [-0.15, -0.1) is 0 Å². The molecule has 17 heavy (non-hydrogen) atoms. The molecule has 0 saturated heterocycles. The summed E-state index contributed by atoms with van der Waals surface area (Å²) in [6, 6.07) is 1.96. The molecular formula is C12H18N4O. The van der Waals surface area contributed by atoms with Crippen LogP contribution in [0.2, 0.25) is 0 Å². The number of rotatable bonds is 3. The van der Waals surface area contributed by atoms with E-state index in [4.69, 9.17) is 0 Å². The topological polar surface area (TPSA) is 41.4 Å². The molecule has 1 aromatic rings. The zero-order chi connectivity index (χ0) is 12.3. The third-order valence-corrected chi connectivity index (χ3v) is 2.78. The fourth-order valence-electron chi connectivity index (χ4n) is 1.84. The maximum absolute atomic E-state index is 11.9. The maximum Gasteiger partial charge on any atom is 0.246 e. The SMILES string of the molecule is CN(C)CC=CC(=O)N1CCn2nccc2C1. The molecule has 0 aromatic carbocycles. The third-order valence-electron chi connectivity index (χ3n) is 2.78. The predicted molar refractivity (Wildman–Crippen MR) is 65.3 cm³/mol. The van der Waals surface area contributed by atoms with Gasteiger partial charge in [0.05, 0.1) is 18.8 Å². The van der Waals surface area contributed by atoms with Crippen molar-refractivity contribution >= 4 is 5.91 Å². The van der Waals surface area contributed by atoms with E-state index >= 15 is 0 Å². The first kappa shape index (κ1) is 11.9. The van der Waals surface area contributed by atoms with Crippen molar-refractivity contribution in [1.82, 2.24) is 19.6 Å². The van der Waals surface area contributed by atoms with Gasteiger partial charge in [0.1, 0.15) is 0 Å². The fourth-order valence-corrected chi connectivity index (χ4v) is 1.84. The summed E-state index contributed by atoms with van der Waals surface area (Å²) in [5, 5.41) is 4.19. The Balaban J connectivity index is 1.92. The van der Waals surface area contributed by atoms with Crippen LogP contribution in [0.3, 0.4) is 0 Å². The Morgan fingerprint density at radius 2 is 2.35 bits per heavy atom. The van der Waals surface area contributed by atoms with Crippen molar-refractivity contribution < 1.29 is 4.79 Å². The molecule has 0 atom stereocenters. The second kappa shape index (κ2) is 5.14. The second-order valence-corrected chi connectivity index (χ2v) is 4.47. The van der Waals surface area contributed by atoms with Gasteiger partial charge < -0.3 is 9.80 Å². The molecule has 1 amide bonds. The summed E-state index contributed by atoms with van der Waals surface area (Å²) in [6.07, 6.45) is 5.34. The minimum Gasteiger partial charge on any atom is -0.331 e. The lowest BCUT2D eigenvalue weighted by atomic mass is 10.3. The molecule has 1 aliphatic rings. The molecule has 5 heteroatoms. The number of amides is 1. The Morgan fingerprint density at radius 1 is 1.53 bits per heavy atom. The van der Waals surface area contributed by atoms with Crippen LogP contribution in [0.25, 0.3) is 0 Å². The summed E-state index contributed by atoms with van der Waals surface area (Å²) in [5.74, 6) is 0.0827. The Morgan fingerprint density at radius 3 is 3.12 bits per heavy atom. The van der Waals surface area contributed by atoms with Crippen LogP contribution >= 0.6 is 0 Å². The summed E-state index contributed by atoms with van der Waals surface area (Å²) in [7, 11) is 3.96. The highest BCUT2D eigenvalue weighted by atomic mass is 16.2. The molecule has 0 bridgehead atoms. The first-order chi connectivity index (χ1) is 8.16. The Hall–Kier alpha value is -1.62. The smallest absolute Gasteiger partial charge is 0.246 e. The van der Waals surface area contributed by atoms with Crippen LogP contribution in [0, 0.1) is 0 Å². The highest BCUT2D eigenvalue weighted by Crippen LogP contribution is 2.11. The summed E-state index contributed by atoms with van der Waals surface area (Å²) < 4.78 is 1.95. The van der Waals surface area contributed by atoms with Crippen molar-refractivity contribution in [3.63, 3.8) is 0 Å². The highest BCUT2D eigenvalue weighted by Gasteiger charge is 2.18. The average molecular weight is 234 g/mol. The number of hydrogen-bond donors (Lipinski definition) is 0. The molecule has 5 nitrogen and oxygen atoms in total. The van der Waals surface area contributed by atoms with E-state index in [-0.39, 0.29) is 5.91 Å². The van der Waals surface area contributed by atoms with Gasteiger partial charge in [0.2, 0.25) is 5.91 Å². The molecule has 0 unspecified atom stereocenters. The molecule has 0 aliphatic carbocycles. The van der Waals surface area contributed by atoms with E-state index in [1.165, 1.54) is 0 Å². The minimum atomic E-state index is 0.0827. The van der Waals surface area contributed by atoms with Crippen molar-refractivity contribution in [2.24, 2.45) is 0 Å². The predicted octanol–water partition coefficient (Wildman–Crippen LogP) is 0.343. The van der Waals surface area contributed by atoms with Crippen LogP contribution in [0.5, 0.6) is 0 Å². The van der Waals surface area contributed by atoms with Gasteiger partial charge in [-0.1, -0.05) is 6.08 Å². The van der Waals surface area contributed by atoms with Gasteiger partial charge in [0.25, 0.3) is 0 Å². The molecule has 2 heterocycles. The molecule has 0 N–H and O–H groups in total. The molecule has 92 valence electrons. The van der Waals surface area contributed by atoms with Crippen molar-refractivity contribution in [3.8, 4) is 0 Å².